The van der Waals surface area contributed by atoms with Gasteiger partial charge in [0.2, 0.25) is 0 Å². The van der Waals surface area contributed by atoms with Crippen LogP contribution in [0.3, 0.4) is 0 Å². The average Bonchev–Trinajstić information content (AvgIpc) is 2.24. The van der Waals surface area contributed by atoms with Crippen molar-refractivity contribution in [3.05, 3.63) is 191 Å². The predicted octanol–water partition coefficient (Wildman–Crippen LogP) is 13.5. The minimum atomic E-state index is -4.88. The van der Waals surface area contributed by atoms with Crippen LogP contribution in [0.2, 0.25) is 20.1 Å². The first-order chi connectivity index (χ1) is 40.0. The number of aldehydes is 1. The van der Waals surface area contributed by atoms with E-state index in [0.29, 0.717) is 33.3 Å². The van der Waals surface area contributed by atoms with Crippen LogP contribution in [0.5, 0.6) is 0 Å². The van der Waals surface area contributed by atoms with E-state index < -0.39 is 78.7 Å². The predicted molar refractivity (Wildman–Crippen MR) is 323 cm³/mol. The van der Waals surface area contributed by atoms with Crippen LogP contribution < -0.4 is 18.9 Å². The Bertz CT molecular complexity index is 4060. The molecule has 468 valence electrons. The molecule has 0 fully saturated rings. The molecule has 0 aliphatic rings. The van der Waals surface area contributed by atoms with Crippen molar-refractivity contribution in [3.8, 4) is 0 Å². The zero-order valence-corrected chi connectivity index (χ0v) is 54.4. The van der Waals surface area contributed by atoms with Crippen molar-refractivity contribution in [3.63, 3.8) is 0 Å². The van der Waals surface area contributed by atoms with E-state index in [1.54, 1.807) is 65.8 Å². The molecule has 0 aliphatic heterocycles. The monoisotopic (exact) mass is 1340 g/mol. The summed E-state index contributed by atoms with van der Waals surface area (Å²) in [5.74, 6) is -1.41. The fraction of sp³-hybridized carbons (Fsp3) is 0.317. The summed E-state index contributed by atoms with van der Waals surface area (Å²) in [5, 5.41) is 16.0. The van der Waals surface area contributed by atoms with E-state index in [9.17, 15) is 62.7 Å². The van der Waals surface area contributed by atoms with E-state index in [1.807, 2.05) is 0 Å². The molecule has 15 nitrogen and oxygen atoms in total. The van der Waals surface area contributed by atoms with Crippen LogP contribution in [-0.4, -0.2) is 81.4 Å². The first-order valence-corrected chi connectivity index (χ1v) is 30.5. The Labute approximate surface area is 537 Å². The summed E-state index contributed by atoms with van der Waals surface area (Å²) in [7, 11) is -8.63. The standard InChI is InChI=1S/C27H23Cl2F3N2O5S.C15H11F3N2O2S.C12H12Cl2O3.C6H14N.Li/c1-14-12-20(27(30,31)32)33-24-17(14)13-19(34(24)40(37,38)15-8-6-5-7-9-15)23(35)21-18(28)11-10-16(22(21)29)25(36)39-26(2,3)4;1-10-9-13(15(16,17)18)19-14-12(10)7-8-20(14)23(21,22)11-5-3-2-4-6-11;1-12(2,3)17-11(16)7-4-5-9(13)8(6-15)10(7)14;1-5(2)7-6(3)4;/h5-13,23,35H,1-4H3;2-9H,1H3;4-6H,1-3H3;5-6H,1-4H3;/q;;;-1;+1. The number of nitrogens with zero attached hydrogens (tertiary/aromatic N) is 5. The molecule has 0 saturated heterocycles. The van der Waals surface area contributed by atoms with Gasteiger partial charge in [-0.25, -0.2) is 44.3 Å². The largest absolute Gasteiger partial charge is 1.00 e. The fourth-order valence-corrected chi connectivity index (χ4v) is 12.2. The topological polar surface area (TPSA) is 208 Å². The smallest absolute Gasteiger partial charge is 0.658 e. The molecular formula is C60H60Cl4F6LiN5O10S2. The third kappa shape index (κ3) is 18.4. The van der Waals surface area contributed by atoms with E-state index in [2.05, 4.69) is 43.0 Å². The zero-order valence-electron chi connectivity index (χ0n) is 49.7. The van der Waals surface area contributed by atoms with Crippen molar-refractivity contribution in [1.82, 2.24) is 17.9 Å². The molecule has 0 spiro atoms. The number of carbonyl (C=O) groups excluding carboxylic acids is 3. The molecule has 28 heteroatoms. The molecule has 88 heavy (non-hydrogen) atoms. The third-order valence-corrected chi connectivity index (χ3v) is 16.6. The van der Waals surface area contributed by atoms with Crippen LogP contribution in [-0.2, 0) is 41.9 Å². The van der Waals surface area contributed by atoms with Gasteiger partial charge in [-0.2, -0.15) is 26.3 Å². The third-order valence-electron chi connectivity index (χ3n) is 11.7. The van der Waals surface area contributed by atoms with Crippen LogP contribution in [0.25, 0.3) is 27.4 Å². The van der Waals surface area contributed by atoms with Crippen LogP contribution in [0, 0.1) is 13.8 Å². The van der Waals surface area contributed by atoms with Crippen molar-refractivity contribution in [2.24, 2.45) is 0 Å². The van der Waals surface area contributed by atoms with Crippen molar-refractivity contribution in [2.75, 3.05) is 0 Å². The van der Waals surface area contributed by atoms with Crippen molar-refractivity contribution in [1.29, 1.82) is 0 Å². The number of ether oxygens (including phenoxy) is 2. The minimum absolute atomic E-state index is 0. The van der Waals surface area contributed by atoms with Crippen LogP contribution in [0.1, 0.15) is 140 Å². The SMILES string of the molecule is CC(C)(C)OC(=O)c1ccc(Cl)c(C=O)c1Cl.CC(C)[N-]C(C)C.Cc1cc(C(F)(F)F)nc2c1cc(C(O)c1c(Cl)ccc(C(=O)OC(C)(C)C)c1Cl)n2S(=O)(=O)c1ccccc1.Cc1cc(C(F)(F)F)nc2c1ccn2S(=O)(=O)c1ccccc1.[Li+]. The van der Waals surface area contributed by atoms with Gasteiger partial charge in [0, 0.05) is 27.6 Å². The molecule has 0 bridgehead atoms. The maximum Gasteiger partial charge on any atom is 1.00 e. The molecule has 8 rings (SSSR count). The summed E-state index contributed by atoms with van der Waals surface area (Å²) in [6, 6.07) is 25.2. The van der Waals surface area contributed by atoms with Crippen LogP contribution in [0.4, 0.5) is 26.3 Å². The molecule has 0 amide bonds. The Morgan fingerprint density at radius 3 is 1.44 bits per heavy atom. The second kappa shape index (κ2) is 29.3. The number of esters is 2. The summed E-state index contributed by atoms with van der Waals surface area (Å²) < 4.78 is 145. The van der Waals surface area contributed by atoms with Gasteiger partial charge in [0.25, 0.3) is 20.0 Å². The molecule has 1 N–H and O–H groups in total. The quantitative estimate of drug-likeness (QED) is 0.0555. The number of aliphatic hydroxyl groups excluding tert-OH is 1. The molecule has 1 atom stereocenters. The first-order valence-electron chi connectivity index (χ1n) is 26.1. The van der Waals surface area contributed by atoms with Gasteiger partial charge >= 0.3 is 43.2 Å². The van der Waals surface area contributed by atoms with Gasteiger partial charge in [-0.3, -0.25) is 4.79 Å². The van der Waals surface area contributed by atoms with E-state index in [0.717, 1.165) is 16.1 Å². The van der Waals surface area contributed by atoms with Gasteiger partial charge in [0.05, 0.1) is 47.2 Å². The Balaban J connectivity index is 0.000000290. The maximum atomic E-state index is 13.8. The number of fused-ring (bicyclic) bond motifs is 2. The van der Waals surface area contributed by atoms with Gasteiger partial charge in [-0.05, 0) is 139 Å². The maximum absolute atomic E-state index is 13.8. The van der Waals surface area contributed by atoms with Crippen LogP contribution in [0.15, 0.2) is 125 Å². The number of halogens is 10. The second-order valence-electron chi connectivity index (χ2n) is 21.7. The Hall–Kier alpha value is -5.97. The number of hydrogen-bond donors (Lipinski definition) is 1. The van der Waals surface area contributed by atoms with E-state index in [4.69, 9.17) is 55.9 Å². The number of rotatable bonds is 11. The number of carbonyl (C=O) groups is 3. The molecule has 0 aliphatic carbocycles. The molecule has 1 unspecified atom stereocenters. The summed E-state index contributed by atoms with van der Waals surface area (Å²) in [5.41, 5.74) is -4.92. The van der Waals surface area contributed by atoms with Crippen LogP contribution >= 0.6 is 46.4 Å². The number of alkyl halides is 6. The summed E-state index contributed by atoms with van der Waals surface area (Å²) in [4.78, 5) is 42.2. The van der Waals surface area contributed by atoms with Gasteiger partial charge in [-0.1, -0.05) is 110 Å². The summed E-state index contributed by atoms with van der Waals surface area (Å²) in [6.45, 7) is 21.4. The number of aryl methyl sites for hydroxylation is 2. The molecule has 8 aromatic rings. The van der Waals surface area contributed by atoms with Crippen molar-refractivity contribution >= 4 is 107 Å². The summed E-state index contributed by atoms with van der Waals surface area (Å²) >= 11 is 24.6. The van der Waals surface area contributed by atoms with Crippen molar-refractivity contribution in [2.45, 2.75) is 135 Å². The Kier molecular flexibility index (Phi) is 24.8. The van der Waals surface area contributed by atoms with Gasteiger partial charge in [0.15, 0.2) is 17.6 Å². The average molecular weight is 1340 g/mol. The van der Waals surface area contributed by atoms with E-state index in [-0.39, 0.29) is 93.3 Å². The minimum Gasteiger partial charge on any atom is -0.658 e. The van der Waals surface area contributed by atoms with Gasteiger partial charge < -0.3 is 19.9 Å². The fourth-order valence-electron chi connectivity index (χ4n) is 8.13. The molecule has 4 aromatic heterocycles. The van der Waals surface area contributed by atoms with Crippen molar-refractivity contribution < 1.29 is 91.0 Å². The number of aromatic nitrogens is 4. The molecule has 0 radical (unpaired) electrons. The molecular weight excluding hydrogens is 1280 g/mol. The number of hydrogen-bond acceptors (Lipinski definition) is 12. The second-order valence-corrected chi connectivity index (χ2v) is 26.9. The first kappa shape index (κ1) is 74.5. The van der Waals surface area contributed by atoms with E-state index >= 15 is 0 Å². The zero-order chi connectivity index (χ0) is 65.7. The normalized spacial score (nSPS) is 12.5. The number of aliphatic hydroxyl groups is 1. The Morgan fingerprint density at radius 1 is 0.602 bits per heavy atom. The van der Waals surface area contributed by atoms with Gasteiger partial charge in [0.1, 0.15) is 28.7 Å². The number of pyridine rings is 2. The van der Waals surface area contributed by atoms with E-state index in [1.165, 1.54) is 92.8 Å². The number of benzene rings is 4. The van der Waals surface area contributed by atoms with Gasteiger partial charge in [-0.15, -0.1) is 12.1 Å². The summed E-state index contributed by atoms with van der Waals surface area (Å²) in [6.07, 6.45) is -9.71. The molecule has 4 heterocycles. The molecule has 4 aromatic carbocycles. The Morgan fingerprint density at radius 2 is 1.02 bits per heavy atom. The molecule has 0 saturated carbocycles.